The van der Waals surface area contributed by atoms with E-state index < -0.39 is 5.97 Å². The number of methoxy groups -OCH3 is 1. The van der Waals surface area contributed by atoms with Crippen LogP contribution in [0.1, 0.15) is 21.7 Å². The van der Waals surface area contributed by atoms with Crippen LogP contribution in [0.4, 0.5) is 5.13 Å². The highest BCUT2D eigenvalue weighted by Gasteiger charge is 2.09. The quantitative estimate of drug-likeness (QED) is 0.390. The van der Waals surface area contributed by atoms with E-state index in [0.717, 1.165) is 16.4 Å². The lowest BCUT2D eigenvalue weighted by atomic mass is 10.2. The first-order valence-corrected chi connectivity index (χ1v) is 8.58. The Kier molecular flexibility index (Phi) is 5.59. The lowest BCUT2D eigenvalue weighted by molar-refractivity contribution is 0.0592. The van der Waals surface area contributed by atoms with Crippen molar-refractivity contribution in [1.29, 1.82) is 0 Å². The van der Waals surface area contributed by atoms with Gasteiger partial charge in [0.25, 0.3) is 0 Å². The number of anilines is 1. The van der Waals surface area contributed by atoms with Gasteiger partial charge in [-0.05, 0) is 25.1 Å². The lowest BCUT2D eigenvalue weighted by Gasteiger charge is -2.08. The number of esters is 1. The third-order valence-electron chi connectivity index (χ3n) is 3.29. The van der Waals surface area contributed by atoms with Crippen molar-refractivity contribution in [3.8, 4) is 5.75 Å². The summed E-state index contributed by atoms with van der Waals surface area (Å²) in [6, 6.07) is 9.05. The van der Waals surface area contributed by atoms with Gasteiger partial charge in [-0.25, -0.2) is 14.5 Å². The molecule has 134 valence electrons. The summed E-state index contributed by atoms with van der Waals surface area (Å²) in [6.45, 7) is 2.08. The second-order valence-electron chi connectivity index (χ2n) is 5.21. The first-order chi connectivity index (χ1) is 12.7. The third kappa shape index (κ3) is 4.45. The molecule has 2 heterocycles. The molecule has 9 heteroatoms. The molecular weight excluding hydrogens is 354 g/mol. The summed E-state index contributed by atoms with van der Waals surface area (Å²) < 4.78 is 11.9. The zero-order valence-corrected chi connectivity index (χ0v) is 15.1. The van der Waals surface area contributed by atoms with Crippen molar-refractivity contribution >= 4 is 28.7 Å². The van der Waals surface area contributed by atoms with Crippen LogP contribution in [0.25, 0.3) is 0 Å². The van der Waals surface area contributed by atoms with Crippen molar-refractivity contribution in [3.63, 3.8) is 0 Å². The van der Waals surface area contributed by atoms with Gasteiger partial charge in [-0.15, -0.1) is 11.3 Å². The Hall–Kier alpha value is -3.20. The molecule has 0 fully saturated rings. The van der Waals surface area contributed by atoms with Crippen LogP contribution in [-0.4, -0.2) is 34.1 Å². The van der Waals surface area contributed by atoms with E-state index in [1.807, 2.05) is 36.6 Å². The molecule has 0 saturated heterocycles. The number of aromatic nitrogens is 3. The molecule has 0 bridgehead atoms. The summed E-state index contributed by atoms with van der Waals surface area (Å²) in [5.74, 6) is 0.156. The molecule has 0 amide bonds. The van der Waals surface area contributed by atoms with Gasteiger partial charge in [0.15, 0.2) is 12.4 Å². The minimum atomic E-state index is -0.486. The van der Waals surface area contributed by atoms with E-state index in [-0.39, 0.29) is 12.4 Å². The molecule has 3 aromatic rings. The Morgan fingerprint density at radius 2 is 2.23 bits per heavy atom. The topological polar surface area (TPSA) is 90.6 Å². The number of nitrogens with zero attached hydrogens (tertiary/aromatic N) is 4. The molecule has 3 rings (SSSR count). The van der Waals surface area contributed by atoms with Crippen molar-refractivity contribution < 1.29 is 14.3 Å². The Morgan fingerprint density at radius 1 is 1.38 bits per heavy atom. The van der Waals surface area contributed by atoms with Crippen LogP contribution in [0.5, 0.6) is 5.75 Å². The van der Waals surface area contributed by atoms with Gasteiger partial charge in [-0.3, -0.25) is 5.43 Å². The predicted octanol–water partition coefficient (Wildman–Crippen LogP) is 2.92. The maximum Gasteiger partial charge on any atom is 0.358 e. The van der Waals surface area contributed by atoms with E-state index in [9.17, 15) is 4.79 Å². The first-order valence-electron chi connectivity index (χ1n) is 7.70. The predicted molar refractivity (Wildman–Crippen MR) is 98.7 cm³/mol. The number of rotatable bonds is 7. The van der Waals surface area contributed by atoms with Crippen molar-refractivity contribution in [2.24, 2.45) is 5.10 Å². The summed E-state index contributed by atoms with van der Waals surface area (Å²) in [5.41, 5.74) is 4.87. The third-order valence-corrected chi connectivity index (χ3v) is 4.15. The minimum Gasteiger partial charge on any atom is -0.471 e. The zero-order chi connectivity index (χ0) is 18.4. The van der Waals surface area contributed by atoms with Crippen molar-refractivity contribution in [1.82, 2.24) is 14.8 Å². The standard InChI is InChI=1S/C17H17N5O3S/c1-12-10-26-17(19-12)20-18-9-13-5-3-4-6-15(13)25-11-22-8-7-14(21-22)16(23)24-2/h3-10H,11H2,1-2H3,(H,19,20). The lowest BCUT2D eigenvalue weighted by Crippen LogP contribution is -2.09. The normalized spacial score (nSPS) is 10.8. The number of thiazole rings is 1. The fourth-order valence-electron chi connectivity index (χ4n) is 2.06. The molecule has 0 unspecified atom stereocenters. The SMILES string of the molecule is COC(=O)c1ccn(COc2ccccc2C=NNc2nc(C)cs2)n1. The van der Waals surface area contributed by atoms with Gasteiger partial charge >= 0.3 is 5.97 Å². The molecule has 1 aromatic carbocycles. The molecule has 2 aromatic heterocycles. The number of benzene rings is 1. The molecular formula is C17H17N5O3S. The number of ether oxygens (including phenoxy) is 2. The molecule has 26 heavy (non-hydrogen) atoms. The number of hydrogen-bond donors (Lipinski definition) is 1. The van der Waals surface area contributed by atoms with Crippen LogP contribution in [0.2, 0.25) is 0 Å². The van der Waals surface area contributed by atoms with E-state index in [0.29, 0.717) is 5.75 Å². The summed E-state index contributed by atoms with van der Waals surface area (Å²) >= 11 is 1.49. The Bertz CT molecular complexity index is 919. The van der Waals surface area contributed by atoms with Crippen molar-refractivity contribution in [2.45, 2.75) is 13.7 Å². The number of aryl methyl sites for hydroxylation is 1. The summed E-state index contributed by atoms with van der Waals surface area (Å²) in [7, 11) is 1.31. The van der Waals surface area contributed by atoms with Crippen LogP contribution in [-0.2, 0) is 11.5 Å². The highest BCUT2D eigenvalue weighted by Crippen LogP contribution is 2.17. The Morgan fingerprint density at radius 3 is 3.00 bits per heavy atom. The average Bonchev–Trinajstić information content (AvgIpc) is 3.29. The van der Waals surface area contributed by atoms with E-state index in [1.165, 1.54) is 23.1 Å². The molecule has 0 radical (unpaired) electrons. The number of para-hydroxylation sites is 1. The largest absolute Gasteiger partial charge is 0.471 e. The smallest absolute Gasteiger partial charge is 0.358 e. The van der Waals surface area contributed by atoms with Gasteiger partial charge in [0.1, 0.15) is 5.75 Å². The monoisotopic (exact) mass is 371 g/mol. The second-order valence-corrected chi connectivity index (χ2v) is 6.07. The first kappa shape index (κ1) is 17.6. The summed E-state index contributed by atoms with van der Waals surface area (Å²) in [5, 5.41) is 11.0. The molecule has 0 saturated carbocycles. The van der Waals surface area contributed by atoms with Gasteiger partial charge < -0.3 is 9.47 Å². The summed E-state index contributed by atoms with van der Waals surface area (Å²) in [6.07, 6.45) is 3.31. The molecule has 1 N–H and O–H groups in total. The fourth-order valence-corrected chi connectivity index (χ4v) is 2.70. The molecule has 0 aliphatic heterocycles. The van der Waals surface area contributed by atoms with Crippen LogP contribution in [0, 0.1) is 6.92 Å². The van der Waals surface area contributed by atoms with Crippen LogP contribution in [0.15, 0.2) is 47.0 Å². The van der Waals surface area contributed by atoms with Crippen molar-refractivity contribution in [2.75, 3.05) is 12.5 Å². The number of hydrogen-bond acceptors (Lipinski definition) is 8. The fraction of sp³-hybridized carbons (Fsp3) is 0.176. The second kappa shape index (κ2) is 8.26. The van der Waals surface area contributed by atoms with Crippen molar-refractivity contribution in [3.05, 3.63) is 58.9 Å². The average molecular weight is 371 g/mol. The maximum atomic E-state index is 11.4. The highest BCUT2D eigenvalue weighted by atomic mass is 32.1. The maximum absolute atomic E-state index is 11.4. The molecule has 0 aliphatic carbocycles. The Balaban J connectivity index is 1.63. The van der Waals surface area contributed by atoms with Gasteiger partial charge in [-0.2, -0.15) is 10.2 Å². The molecule has 0 atom stereocenters. The molecule has 0 aliphatic rings. The van der Waals surface area contributed by atoms with Gasteiger partial charge in [0, 0.05) is 17.1 Å². The Labute approximate surface area is 154 Å². The number of hydrazone groups is 1. The van der Waals surface area contributed by atoms with Gasteiger partial charge in [-0.1, -0.05) is 12.1 Å². The van der Waals surface area contributed by atoms with E-state index in [1.54, 1.807) is 18.5 Å². The number of carbonyl (C=O) groups is 1. The van der Waals surface area contributed by atoms with E-state index >= 15 is 0 Å². The van der Waals surface area contributed by atoms with Crippen LogP contribution < -0.4 is 10.2 Å². The zero-order valence-electron chi connectivity index (χ0n) is 14.2. The number of carbonyl (C=O) groups excluding carboxylic acids is 1. The minimum absolute atomic E-state index is 0.154. The van der Waals surface area contributed by atoms with E-state index in [4.69, 9.17) is 4.74 Å². The van der Waals surface area contributed by atoms with E-state index in [2.05, 4.69) is 25.3 Å². The van der Waals surface area contributed by atoms with Crippen LogP contribution in [0.3, 0.4) is 0 Å². The summed E-state index contributed by atoms with van der Waals surface area (Å²) in [4.78, 5) is 15.7. The molecule has 8 nitrogen and oxygen atoms in total. The van der Waals surface area contributed by atoms with Gasteiger partial charge in [0.2, 0.25) is 5.13 Å². The molecule has 0 spiro atoms. The van der Waals surface area contributed by atoms with Crippen LogP contribution >= 0.6 is 11.3 Å². The highest BCUT2D eigenvalue weighted by molar-refractivity contribution is 7.13. The number of nitrogens with one attached hydrogen (secondary N) is 1. The van der Waals surface area contributed by atoms with Gasteiger partial charge in [0.05, 0.1) is 19.0 Å².